The number of hydrogen-bond acceptors (Lipinski definition) is 5. The number of aliphatic hydroxyl groups is 2. The van der Waals surface area contributed by atoms with E-state index in [2.05, 4.69) is 10.6 Å². The number of benzene rings is 1. The standard InChI is InChI=1S/C22H30F4N2O4/c1-20(2,31)21(5-3-16(10-21)28-17-4-6-32-12-18(17)29)19(30)27-11-13-7-14(22(24,25)26)9-15(23)8-13/h7-9,16-18,28-29,31H,3-6,10-12H2,1-2H3,(H,27,30)/t16-,17?,18?,21-/m1/s1. The van der Waals surface area contributed by atoms with Crippen LogP contribution >= 0.6 is 0 Å². The summed E-state index contributed by atoms with van der Waals surface area (Å²) in [6, 6.07) is 1.84. The molecule has 1 aliphatic heterocycles. The predicted octanol–water partition coefficient (Wildman–Crippen LogP) is 2.51. The second-order valence-electron chi connectivity index (χ2n) is 9.31. The molecule has 1 saturated heterocycles. The predicted molar refractivity (Wildman–Crippen MR) is 108 cm³/mol. The number of carbonyl (C=O) groups is 1. The summed E-state index contributed by atoms with van der Waals surface area (Å²) in [7, 11) is 0. The first-order valence-electron chi connectivity index (χ1n) is 10.7. The molecule has 2 aliphatic rings. The van der Waals surface area contributed by atoms with Crippen LogP contribution in [0.15, 0.2) is 18.2 Å². The lowest BCUT2D eigenvalue weighted by atomic mass is 9.71. The summed E-state index contributed by atoms with van der Waals surface area (Å²) >= 11 is 0. The van der Waals surface area contributed by atoms with E-state index >= 15 is 0 Å². The van der Waals surface area contributed by atoms with Crippen molar-refractivity contribution in [2.75, 3.05) is 13.2 Å². The van der Waals surface area contributed by atoms with Crippen LogP contribution in [-0.4, -0.2) is 53.1 Å². The van der Waals surface area contributed by atoms with Gasteiger partial charge in [0.25, 0.3) is 0 Å². The molecule has 180 valence electrons. The van der Waals surface area contributed by atoms with Crippen LogP contribution < -0.4 is 10.6 Å². The average Bonchev–Trinajstić information content (AvgIpc) is 3.12. The topological polar surface area (TPSA) is 90.8 Å². The zero-order valence-corrected chi connectivity index (χ0v) is 18.1. The second-order valence-corrected chi connectivity index (χ2v) is 9.31. The molecule has 0 radical (unpaired) electrons. The summed E-state index contributed by atoms with van der Waals surface area (Å²) in [6.07, 6.45) is -3.50. The minimum absolute atomic E-state index is 0.0189. The van der Waals surface area contributed by atoms with Gasteiger partial charge in [-0.3, -0.25) is 4.79 Å². The maximum Gasteiger partial charge on any atom is 0.416 e. The first-order chi connectivity index (χ1) is 14.8. The molecular weight excluding hydrogens is 432 g/mol. The highest BCUT2D eigenvalue weighted by molar-refractivity contribution is 5.84. The van der Waals surface area contributed by atoms with E-state index in [4.69, 9.17) is 4.74 Å². The van der Waals surface area contributed by atoms with Gasteiger partial charge in [0.15, 0.2) is 0 Å². The Bertz CT molecular complexity index is 827. The van der Waals surface area contributed by atoms with Crippen LogP contribution in [0.5, 0.6) is 0 Å². The summed E-state index contributed by atoms with van der Waals surface area (Å²) in [4.78, 5) is 13.2. The van der Waals surface area contributed by atoms with Gasteiger partial charge in [-0.2, -0.15) is 13.2 Å². The van der Waals surface area contributed by atoms with Crippen molar-refractivity contribution in [3.8, 4) is 0 Å². The Kier molecular flexibility index (Phi) is 7.19. The van der Waals surface area contributed by atoms with Crippen LogP contribution in [0.1, 0.15) is 50.7 Å². The number of carbonyl (C=O) groups excluding carboxylic acids is 1. The Morgan fingerprint density at radius 3 is 2.59 bits per heavy atom. The monoisotopic (exact) mass is 462 g/mol. The summed E-state index contributed by atoms with van der Waals surface area (Å²) in [5, 5.41) is 26.9. The third-order valence-electron chi connectivity index (χ3n) is 6.63. The van der Waals surface area contributed by atoms with Crippen LogP contribution in [0.25, 0.3) is 0 Å². The molecule has 3 rings (SSSR count). The summed E-state index contributed by atoms with van der Waals surface area (Å²) < 4.78 is 57.8. The third kappa shape index (κ3) is 5.41. The highest BCUT2D eigenvalue weighted by Gasteiger charge is 2.54. The highest BCUT2D eigenvalue weighted by atomic mass is 19.4. The van der Waals surface area contributed by atoms with Gasteiger partial charge in [-0.1, -0.05) is 0 Å². The van der Waals surface area contributed by atoms with Crippen molar-refractivity contribution >= 4 is 5.91 Å². The largest absolute Gasteiger partial charge is 0.416 e. The van der Waals surface area contributed by atoms with Crippen molar-refractivity contribution in [1.82, 2.24) is 10.6 Å². The molecule has 1 amide bonds. The summed E-state index contributed by atoms with van der Waals surface area (Å²) in [5.74, 6) is -1.54. The molecule has 4 atom stereocenters. The Balaban J connectivity index is 1.70. The number of rotatable bonds is 6. The van der Waals surface area contributed by atoms with Crippen molar-refractivity contribution in [2.24, 2.45) is 5.41 Å². The zero-order valence-electron chi connectivity index (χ0n) is 18.1. The first kappa shape index (κ1) is 24.9. The number of aliphatic hydroxyl groups excluding tert-OH is 1. The molecular formula is C22H30F4N2O4. The van der Waals surface area contributed by atoms with E-state index in [1.807, 2.05) is 0 Å². The minimum Gasteiger partial charge on any atom is -0.389 e. The maximum absolute atomic E-state index is 13.7. The van der Waals surface area contributed by atoms with Gasteiger partial charge >= 0.3 is 6.18 Å². The van der Waals surface area contributed by atoms with Gasteiger partial charge in [-0.05, 0) is 63.3 Å². The van der Waals surface area contributed by atoms with Gasteiger partial charge in [0.2, 0.25) is 5.91 Å². The number of amides is 1. The molecule has 32 heavy (non-hydrogen) atoms. The Hall–Kier alpha value is -1.75. The molecule has 0 aromatic heterocycles. The normalized spacial score (nSPS) is 29.2. The molecule has 0 bridgehead atoms. The van der Waals surface area contributed by atoms with E-state index < -0.39 is 40.6 Å². The van der Waals surface area contributed by atoms with Crippen LogP contribution in [-0.2, 0) is 22.3 Å². The number of nitrogens with one attached hydrogen (secondary N) is 2. The van der Waals surface area contributed by atoms with Crippen LogP contribution in [0.3, 0.4) is 0 Å². The smallest absolute Gasteiger partial charge is 0.389 e. The quantitative estimate of drug-likeness (QED) is 0.488. The maximum atomic E-state index is 13.7. The second kappa shape index (κ2) is 9.24. The molecule has 2 unspecified atom stereocenters. The van der Waals surface area contributed by atoms with Crippen molar-refractivity contribution in [3.63, 3.8) is 0 Å². The van der Waals surface area contributed by atoms with Gasteiger partial charge in [-0.25, -0.2) is 4.39 Å². The molecule has 2 fully saturated rings. The van der Waals surface area contributed by atoms with Gasteiger partial charge in [0.1, 0.15) is 5.82 Å². The lowest BCUT2D eigenvalue weighted by Crippen LogP contribution is -2.54. The Labute approximate surface area is 184 Å². The van der Waals surface area contributed by atoms with Crippen molar-refractivity contribution in [1.29, 1.82) is 0 Å². The Morgan fingerprint density at radius 1 is 1.25 bits per heavy atom. The van der Waals surface area contributed by atoms with E-state index in [1.165, 1.54) is 13.8 Å². The molecule has 1 heterocycles. The van der Waals surface area contributed by atoms with Gasteiger partial charge < -0.3 is 25.6 Å². The molecule has 6 nitrogen and oxygen atoms in total. The van der Waals surface area contributed by atoms with E-state index in [-0.39, 0.29) is 30.8 Å². The van der Waals surface area contributed by atoms with Crippen LogP contribution in [0.2, 0.25) is 0 Å². The molecule has 1 aromatic carbocycles. The SMILES string of the molecule is CC(C)(O)[C@]1(C(=O)NCc2cc(F)cc(C(F)(F)F)c2)CC[C@@H](NC2CCOCC2O)C1. The molecule has 1 aliphatic carbocycles. The molecule has 4 N–H and O–H groups in total. The lowest BCUT2D eigenvalue weighted by molar-refractivity contribution is -0.146. The molecule has 1 saturated carbocycles. The fourth-order valence-corrected chi connectivity index (χ4v) is 4.72. The van der Waals surface area contributed by atoms with E-state index in [9.17, 15) is 32.6 Å². The van der Waals surface area contributed by atoms with Gasteiger partial charge in [-0.15, -0.1) is 0 Å². The number of ether oxygens (including phenoxy) is 1. The summed E-state index contributed by atoms with van der Waals surface area (Å²) in [6.45, 7) is 3.51. The number of halogens is 4. The van der Waals surface area contributed by atoms with E-state index in [0.717, 1.165) is 12.1 Å². The first-order valence-corrected chi connectivity index (χ1v) is 10.7. The zero-order chi connectivity index (χ0) is 23.7. The lowest BCUT2D eigenvalue weighted by Gasteiger charge is -2.39. The van der Waals surface area contributed by atoms with Crippen molar-refractivity contribution < 1.29 is 37.3 Å². The molecule has 0 spiro atoms. The fourth-order valence-electron chi connectivity index (χ4n) is 4.72. The van der Waals surface area contributed by atoms with Crippen molar-refractivity contribution in [3.05, 3.63) is 35.1 Å². The molecule has 1 aromatic rings. The van der Waals surface area contributed by atoms with Crippen molar-refractivity contribution in [2.45, 2.75) is 76.0 Å². The van der Waals surface area contributed by atoms with Crippen LogP contribution in [0.4, 0.5) is 17.6 Å². The highest BCUT2D eigenvalue weighted by Crippen LogP contribution is 2.47. The Morgan fingerprint density at radius 2 is 1.97 bits per heavy atom. The molecule has 10 heteroatoms. The van der Waals surface area contributed by atoms with Crippen LogP contribution in [0, 0.1) is 11.2 Å². The number of hydrogen-bond donors (Lipinski definition) is 4. The fraction of sp³-hybridized carbons (Fsp3) is 0.682. The van der Waals surface area contributed by atoms with Gasteiger partial charge in [0, 0.05) is 25.2 Å². The van der Waals surface area contributed by atoms with E-state index in [0.29, 0.717) is 38.4 Å². The van der Waals surface area contributed by atoms with E-state index in [1.54, 1.807) is 0 Å². The third-order valence-corrected chi connectivity index (χ3v) is 6.63. The summed E-state index contributed by atoms with van der Waals surface area (Å²) in [5.41, 5.74) is -3.73. The number of alkyl halides is 3. The minimum atomic E-state index is -4.70. The van der Waals surface area contributed by atoms with Gasteiger partial charge in [0.05, 0.1) is 29.3 Å². The average molecular weight is 462 g/mol.